The quantitative estimate of drug-likeness (QED) is 0.245. The van der Waals surface area contributed by atoms with Gasteiger partial charge in [-0.3, -0.25) is 4.68 Å². The first kappa shape index (κ1) is 24.9. The summed E-state index contributed by atoms with van der Waals surface area (Å²) in [4.78, 5) is 3.96. The first-order valence-electron chi connectivity index (χ1n) is 11.4. The van der Waals surface area contributed by atoms with E-state index < -0.39 is 17.0 Å². The first-order chi connectivity index (χ1) is 17.4. The lowest BCUT2D eigenvalue weighted by Gasteiger charge is -2.30. The molecule has 0 spiro atoms. The molecule has 5 nitrogen and oxygen atoms in total. The van der Waals surface area contributed by atoms with Gasteiger partial charge in [0.05, 0.1) is 20.3 Å². The second-order valence-electron chi connectivity index (χ2n) is 8.72. The average Bonchev–Trinajstić information content (AvgIpc) is 3.39. The van der Waals surface area contributed by atoms with Crippen LogP contribution in [0.2, 0.25) is 0 Å². The number of allylic oxidation sites excluding steroid dienone is 2. The van der Waals surface area contributed by atoms with Crippen molar-refractivity contribution in [2.75, 3.05) is 13.7 Å². The summed E-state index contributed by atoms with van der Waals surface area (Å²) in [5.41, 5.74) is 2.39. The molecule has 1 heterocycles. The molecule has 1 atom stereocenters. The minimum Gasteiger partial charge on any atom is -0.497 e. The normalized spacial score (nSPS) is 12.9. The van der Waals surface area contributed by atoms with Crippen molar-refractivity contribution in [3.63, 3.8) is 0 Å². The van der Waals surface area contributed by atoms with E-state index in [1.54, 1.807) is 18.1 Å². The van der Waals surface area contributed by atoms with Gasteiger partial charge in [0.2, 0.25) is 0 Å². The molecular weight excluding hydrogens is 460 g/mol. The molecule has 0 amide bonds. The van der Waals surface area contributed by atoms with Crippen LogP contribution in [-0.4, -0.2) is 28.5 Å². The topological polar surface area (TPSA) is 49.2 Å². The number of rotatable bonds is 10. The summed E-state index contributed by atoms with van der Waals surface area (Å²) in [6.45, 7) is 6.44. The fraction of sp³-hybridized carbons (Fsp3) is 0.172. The Kier molecular flexibility index (Phi) is 7.59. The van der Waals surface area contributed by atoms with E-state index in [1.807, 2.05) is 67.6 Å². The van der Waals surface area contributed by atoms with Crippen LogP contribution in [0.15, 0.2) is 92.0 Å². The molecule has 0 fully saturated rings. The molecule has 184 valence electrons. The van der Waals surface area contributed by atoms with Crippen molar-refractivity contribution in [2.45, 2.75) is 18.9 Å². The van der Waals surface area contributed by atoms with Crippen molar-refractivity contribution >= 4 is 11.6 Å². The average molecular weight is 488 g/mol. The third kappa shape index (κ3) is 6.05. The minimum absolute atomic E-state index is 0.152. The molecule has 0 bridgehead atoms. The molecule has 4 rings (SSSR count). The summed E-state index contributed by atoms with van der Waals surface area (Å²) >= 11 is 0. The predicted molar refractivity (Wildman–Crippen MR) is 137 cm³/mol. The molecule has 0 unspecified atom stereocenters. The van der Waals surface area contributed by atoms with Crippen molar-refractivity contribution in [2.24, 2.45) is 0 Å². The zero-order valence-corrected chi connectivity index (χ0v) is 20.2. The highest BCUT2D eigenvalue weighted by Crippen LogP contribution is 2.30. The van der Waals surface area contributed by atoms with E-state index >= 15 is 0 Å². The van der Waals surface area contributed by atoms with Crippen LogP contribution >= 0.6 is 0 Å². The first-order valence-corrected chi connectivity index (χ1v) is 11.4. The molecule has 0 radical (unpaired) electrons. The second kappa shape index (κ2) is 11.0. The second-order valence-corrected chi connectivity index (χ2v) is 8.72. The van der Waals surface area contributed by atoms with E-state index in [9.17, 15) is 8.78 Å². The molecular formula is C29H27F2N3O2. The molecule has 0 aliphatic rings. The Morgan fingerprint density at radius 2 is 1.75 bits per heavy atom. The van der Waals surface area contributed by atoms with Crippen LogP contribution in [0.4, 0.5) is 8.78 Å². The summed E-state index contributed by atoms with van der Waals surface area (Å²) in [6, 6.07) is 18.9. The van der Waals surface area contributed by atoms with Crippen molar-refractivity contribution < 1.29 is 18.3 Å². The van der Waals surface area contributed by atoms with Gasteiger partial charge in [-0.2, -0.15) is 5.10 Å². The number of hydrogen-bond acceptors (Lipinski definition) is 4. The number of aromatic nitrogens is 3. The third-order valence-corrected chi connectivity index (χ3v) is 5.93. The lowest BCUT2D eigenvalue weighted by atomic mass is 9.82. The van der Waals surface area contributed by atoms with E-state index in [2.05, 4.69) is 16.7 Å². The zero-order chi connectivity index (χ0) is 25.5. The molecule has 0 saturated carbocycles. The maximum absolute atomic E-state index is 14.7. The van der Waals surface area contributed by atoms with Gasteiger partial charge in [-0.25, -0.2) is 13.8 Å². The number of benzene rings is 3. The van der Waals surface area contributed by atoms with Gasteiger partial charge >= 0.3 is 0 Å². The van der Waals surface area contributed by atoms with E-state index in [0.29, 0.717) is 17.9 Å². The largest absolute Gasteiger partial charge is 0.497 e. The van der Waals surface area contributed by atoms with Crippen LogP contribution < -0.4 is 9.47 Å². The highest BCUT2D eigenvalue weighted by Gasteiger charge is 2.32. The molecule has 3 aromatic carbocycles. The van der Waals surface area contributed by atoms with Crippen LogP contribution in [0, 0.1) is 11.6 Å². The molecule has 0 aliphatic carbocycles. The van der Waals surface area contributed by atoms with Crippen molar-refractivity contribution in [3.8, 4) is 11.5 Å². The summed E-state index contributed by atoms with van der Waals surface area (Å²) in [5, 5.41) is 4.14. The van der Waals surface area contributed by atoms with E-state index in [4.69, 9.17) is 9.47 Å². The smallest absolute Gasteiger partial charge is 0.137 e. The van der Waals surface area contributed by atoms with Crippen molar-refractivity contribution in [3.05, 3.63) is 120 Å². The van der Waals surface area contributed by atoms with Gasteiger partial charge in [0.25, 0.3) is 0 Å². The van der Waals surface area contributed by atoms with Crippen LogP contribution in [0.3, 0.4) is 0 Å². The molecule has 4 aromatic rings. The summed E-state index contributed by atoms with van der Waals surface area (Å²) in [7, 11) is 1.63. The lowest BCUT2D eigenvalue weighted by Crippen LogP contribution is -2.36. The third-order valence-electron chi connectivity index (χ3n) is 5.93. The Labute approximate surface area is 209 Å². The maximum atomic E-state index is 14.7. The number of ether oxygens (including phenoxy) is 2. The summed E-state index contributed by atoms with van der Waals surface area (Å²) < 4.78 is 41.1. The number of methoxy groups -OCH3 is 1. The fourth-order valence-electron chi connectivity index (χ4n) is 3.88. The summed E-state index contributed by atoms with van der Waals surface area (Å²) in [6.07, 6.45) is 6.89. The van der Waals surface area contributed by atoms with Gasteiger partial charge in [-0.1, -0.05) is 56.0 Å². The van der Waals surface area contributed by atoms with E-state index in [1.165, 1.54) is 18.5 Å². The Bertz CT molecular complexity index is 1330. The summed E-state index contributed by atoms with van der Waals surface area (Å²) in [5.74, 6) is 0.177. The van der Waals surface area contributed by atoms with Crippen LogP contribution in [-0.2, 0) is 12.0 Å². The van der Waals surface area contributed by atoms with Crippen LogP contribution in [0.1, 0.15) is 23.6 Å². The highest BCUT2D eigenvalue weighted by molar-refractivity contribution is 5.77. The van der Waals surface area contributed by atoms with Gasteiger partial charge < -0.3 is 9.47 Å². The number of nitrogens with zero attached hydrogens (tertiary/aromatic N) is 3. The number of hydrogen-bond donors (Lipinski definition) is 0. The fourth-order valence-corrected chi connectivity index (χ4v) is 3.88. The Balaban J connectivity index is 1.44. The Hall–Kier alpha value is -4.26. The van der Waals surface area contributed by atoms with Gasteiger partial charge in [0.15, 0.2) is 0 Å². The SMILES string of the molecule is C=C(/C=C/c1ccc(OC[C@@](C)(Cn2cncn2)c2ccc(F)cc2F)cc1)c1ccc(OC)cc1. The predicted octanol–water partition coefficient (Wildman–Crippen LogP) is 6.33. The molecule has 0 aliphatic heterocycles. The van der Waals surface area contributed by atoms with Crippen molar-refractivity contribution in [1.82, 2.24) is 14.8 Å². The highest BCUT2D eigenvalue weighted by atomic mass is 19.1. The van der Waals surface area contributed by atoms with Gasteiger partial charge in [-0.15, -0.1) is 0 Å². The van der Waals surface area contributed by atoms with E-state index in [0.717, 1.165) is 28.5 Å². The minimum atomic E-state index is -0.819. The lowest BCUT2D eigenvalue weighted by molar-refractivity contribution is 0.199. The Morgan fingerprint density at radius 1 is 1.03 bits per heavy atom. The van der Waals surface area contributed by atoms with Gasteiger partial charge in [-0.05, 0) is 52.6 Å². The molecule has 7 heteroatoms. The standard InChI is InChI=1S/C29H27F2N3O2/c1-21(23-8-13-25(35-3)14-9-23)4-5-22-6-11-26(12-7-22)36-18-29(2,17-34-20-32-19-33-34)27-15-10-24(30)16-28(27)31/h4-16,19-20H,1,17-18H2,2-3H3/b5-4+/t29-/m1/s1. The zero-order valence-electron chi connectivity index (χ0n) is 20.2. The Morgan fingerprint density at radius 3 is 2.39 bits per heavy atom. The van der Waals surface area contributed by atoms with Crippen LogP contribution in [0.5, 0.6) is 11.5 Å². The van der Waals surface area contributed by atoms with Crippen LogP contribution in [0.25, 0.3) is 11.6 Å². The molecule has 36 heavy (non-hydrogen) atoms. The molecule has 1 aromatic heterocycles. The van der Waals surface area contributed by atoms with E-state index in [-0.39, 0.29) is 6.61 Å². The number of halogens is 2. The molecule has 0 N–H and O–H groups in total. The van der Waals surface area contributed by atoms with Crippen molar-refractivity contribution in [1.29, 1.82) is 0 Å². The van der Waals surface area contributed by atoms with Gasteiger partial charge in [0, 0.05) is 11.5 Å². The van der Waals surface area contributed by atoms with Gasteiger partial charge in [0.1, 0.15) is 35.8 Å². The monoisotopic (exact) mass is 487 g/mol. The maximum Gasteiger partial charge on any atom is 0.137 e. The molecule has 0 saturated heterocycles.